The topological polar surface area (TPSA) is 9.23 Å². The lowest BCUT2D eigenvalue weighted by atomic mass is 9.61. The molecular formula is C36H62OSi. The predicted molar refractivity (Wildman–Crippen MR) is 171 cm³/mol. The van der Waals surface area contributed by atoms with Gasteiger partial charge in [-0.1, -0.05) is 106 Å². The maximum absolute atomic E-state index is 6.91. The van der Waals surface area contributed by atoms with Crippen molar-refractivity contribution in [2.45, 2.75) is 138 Å². The second-order valence-electron chi connectivity index (χ2n) is 16.4. The molecule has 3 saturated carbocycles. The fraction of sp³-hybridized carbons (Fsp3) is 0.778. The van der Waals surface area contributed by atoms with Crippen LogP contribution in [0, 0.1) is 40.4 Å². The first-order valence-electron chi connectivity index (χ1n) is 15.8. The Kier molecular flexibility index (Phi) is 9.63. The third-order valence-electron chi connectivity index (χ3n) is 11.5. The molecule has 7 atom stereocenters. The smallest absolute Gasteiger partial charge is 0.192 e. The Morgan fingerprint density at radius 1 is 1.03 bits per heavy atom. The van der Waals surface area contributed by atoms with E-state index in [1.165, 1.54) is 43.3 Å². The maximum atomic E-state index is 6.91. The Hall–Kier alpha value is -0.863. The number of hydrogen-bond donors (Lipinski definition) is 0. The fourth-order valence-corrected chi connectivity index (χ4v) is 8.55. The van der Waals surface area contributed by atoms with Crippen LogP contribution in [0.1, 0.15) is 114 Å². The van der Waals surface area contributed by atoms with E-state index in [1.807, 2.05) is 0 Å². The molecule has 38 heavy (non-hydrogen) atoms. The molecule has 0 bridgehead atoms. The normalized spacial score (nSPS) is 35.2. The lowest BCUT2D eigenvalue weighted by molar-refractivity contribution is 0.112. The van der Waals surface area contributed by atoms with Gasteiger partial charge in [0.05, 0.1) is 6.10 Å². The van der Waals surface area contributed by atoms with E-state index in [9.17, 15) is 0 Å². The molecule has 2 unspecified atom stereocenters. The molecule has 3 fully saturated rings. The minimum absolute atomic E-state index is 0.180. The molecule has 0 N–H and O–H groups in total. The summed E-state index contributed by atoms with van der Waals surface area (Å²) in [5.41, 5.74) is 5.17. The molecule has 0 aromatic rings. The summed E-state index contributed by atoms with van der Waals surface area (Å²) < 4.78 is 6.91. The zero-order valence-electron chi connectivity index (χ0n) is 27.3. The zero-order valence-corrected chi connectivity index (χ0v) is 28.3. The van der Waals surface area contributed by atoms with E-state index < -0.39 is 8.32 Å². The highest BCUT2D eigenvalue weighted by Gasteiger charge is 2.50. The summed E-state index contributed by atoms with van der Waals surface area (Å²) in [7, 11) is -1.83. The zero-order chi connectivity index (χ0) is 28.7. The average molecular weight is 539 g/mol. The Balaban J connectivity index is 1.78. The van der Waals surface area contributed by atoms with E-state index in [-0.39, 0.29) is 11.1 Å². The molecule has 0 aliphatic heterocycles. The maximum Gasteiger partial charge on any atom is 0.192 e. The van der Waals surface area contributed by atoms with Gasteiger partial charge in [-0.3, -0.25) is 0 Å². The fourth-order valence-electron chi connectivity index (χ4n) is 7.25. The van der Waals surface area contributed by atoms with Gasteiger partial charge in [0.25, 0.3) is 0 Å². The van der Waals surface area contributed by atoms with Gasteiger partial charge in [0.2, 0.25) is 0 Å². The molecular weight excluding hydrogens is 476 g/mol. The highest BCUT2D eigenvalue weighted by atomic mass is 28.4. The van der Waals surface area contributed by atoms with Crippen LogP contribution in [0.4, 0.5) is 0 Å². The van der Waals surface area contributed by atoms with Gasteiger partial charge in [-0.25, -0.2) is 0 Å². The summed E-state index contributed by atoms with van der Waals surface area (Å²) in [6, 6.07) is 0. The van der Waals surface area contributed by atoms with E-state index in [0.717, 1.165) is 24.7 Å². The van der Waals surface area contributed by atoms with Gasteiger partial charge in [0, 0.05) is 0 Å². The number of allylic oxidation sites excluding steroid dienone is 5. The molecule has 0 aromatic heterocycles. The van der Waals surface area contributed by atoms with E-state index >= 15 is 0 Å². The Labute approximate surface area is 238 Å². The van der Waals surface area contributed by atoms with Gasteiger partial charge in [0.15, 0.2) is 8.32 Å². The third-order valence-corrected chi connectivity index (χ3v) is 16.0. The van der Waals surface area contributed by atoms with Crippen molar-refractivity contribution in [3.05, 3.63) is 47.6 Å². The van der Waals surface area contributed by atoms with Crippen molar-refractivity contribution in [3.8, 4) is 0 Å². The molecule has 3 rings (SSSR count). The Morgan fingerprint density at radius 3 is 2.29 bits per heavy atom. The van der Waals surface area contributed by atoms with Gasteiger partial charge in [-0.15, -0.1) is 0 Å². The molecule has 216 valence electrons. The first kappa shape index (κ1) is 31.7. The standard InChI is InChI=1S/C36H62OSi/c1-25-23-30(28(4)33(24-25)37-38(12,13)35(8,9)10)19-18-29-15-14-22-36(11)31(20-21-32(29)36)26(2)16-17-27(3)34(5,6)7/h16-19,25-27,31-33H,4,14-15,20-24H2,1-3,5-13H3/b17-16+,29-18+,30-19-/t25-,26-,27?,31?,32+,33+,36-/m1/s1. The number of hydrogen-bond acceptors (Lipinski definition) is 1. The molecule has 3 aliphatic rings. The molecule has 0 radical (unpaired) electrons. The van der Waals surface area contributed by atoms with Crippen LogP contribution in [0.2, 0.25) is 18.1 Å². The van der Waals surface area contributed by atoms with E-state index in [1.54, 1.807) is 5.57 Å². The van der Waals surface area contributed by atoms with Crippen molar-refractivity contribution in [1.29, 1.82) is 0 Å². The summed E-state index contributed by atoms with van der Waals surface area (Å²) in [5.74, 6) is 3.44. The van der Waals surface area contributed by atoms with Crippen LogP contribution in [0.15, 0.2) is 47.6 Å². The van der Waals surface area contributed by atoms with E-state index in [0.29, 0.717) is 28.6 Å². The Bertz CT molecular complexity index is 935. The molecule has 0 saturated heterocycles. The first-order chi connectivity index (χ1) is 17.4. The van der Waals surface area contributed by atoms with Crippen LogP contribution in [-0.4, -0.2) is 14.4 Å². The second kappa shape index (κ2) is 11.6. The average Bonchev–Trinajstić information content (AvgIpc) is 3.14. The molecule has 0 amide bonds. The summed E-state index contributed by atoms with van der Waals surface area (Å²) >= 11 is 0. The minimum atomic E-state index is -1.83. The molecule has 0 heterocycles. The number of fused-ring (bicyclic) bond motifs is 1. The quantitative estimate of drug-likeness (QED) is 0.241. The summed E-state index contributed by atoms with van der Waals surface area (Å²) in [6.45, 7) is 33.3. The molecule has 0 spiro atoms. The van der Waals surface area contributed by atoms with Crippen LogP contribution < -0.4 is 0 Å². The second-order valence-corrected chi connectivity index (χ2v) is 21.1. The molecule has 3 aliphatic carbocycles. The number of rotatable bonds is 6. The SMILES string of the molecule is C=C1/C(=C\C=C2/CCC[C@]3(C)C([C@H](C)/C=C/C(C)C(C)(C)C)CC[C@@H]23)C[C@@H](C)C[C@@H]1O[Si](C)(C)C(C)(C)C. The van der Waals surface area contributed by atoms with Crippen LogP contribution in [0.3, 0.4) is 0 Å². The van der Waals surface area contributed by atoms with Gasteiger partial charge in [-0.05, 0) is 115 Å². The lowest BCUT2D eigenvalue weighted by Crippen LogP contribution is -2.45. The molecule has 0 aromatic carbocycles. The summed E-state index contributed by atoms with van der Waals surface area (Å²) in [5, 5.41) is 0.225. The van der Waals surface area contributed by atoms with Gasteiger partial charge < -0.3 is 4.43 Å². The Morgan fingerprint density at radius 2 is 1.68 bits per heavy atom. The van der Waals surface area contributed by atoms with Crippen LogP contribution in [0.25, 0.3) is 0 Å². The van der Waals surface area contributed by atoms with Gasteiger partial charge in [0.1, 0.15) is 0 Å². The van der Waals surface area contributed by atoms with E-state index in [4.69, 9.17) is 4.43 Å². The van der Waals surface area contributed by atoms with Crippen LogP contribution in [-0.2, 0) is 4.43 Å². The molecule has 1 nitrogen and oxygen atoms in total. The van der Waals surface area contributed by atoms with Crippen molar-refractivity contribution in [2.24, 2.45) is 40.4 Å². The van der Waals surface area contributed by atoms with Crippen LogP contribution in [0.5, 0.6) is 0 Å². The molecule has 2 heteroatoms. The summed E-state index contributed by atoms with van der Waals surface area (Å²) in [4.78, 5) is 0. The lowest BCUT2D eigenvalue weighted by Gasteiger charge is -2.44. The van der Waals surface area contributed by atoms with Crippen LogP contribution >= 0.6 is 0 Å². The van der Waals surface area contributed by atoms with Crippen molar-refractivity contribution in [1.82, 2.24) is 0 Å². The third kappa shape index (κ3) is 6.88. The summed E-state index contributed by atoms with van der Waals surface area (Å²) in [6.07, 6.45) is 19.2. The van der Waals surface area contributed by atoms with Gasteiger partial charge in [-0.2, -0.15) is 0 Å². The van der Waals surface area contributed by atoms with Crippen molar-refractivity contribution in [2.75, 3.05) is 0 Å². The van der Waals surface area contributed by atoms with E-state index in [2.05, 4.69) is 113 Å². The highest BCUT2D eigenvalue weighted by Crippen LogP contribution is 2.59. The highest BCUT2D eigenvalue weighted by molar-refractivity contribution is 6.74. The van der Waals surface area contributed by atoms with Crippen molar-refractivity contribution in [3.63, 3.8) is 0 Å². The largest absolute Gasteiger partial charge is 0.410 e. The predicted octanol–water partition coefficient (Wildman–Crippen LogP) is 11.3. The minimum Gasteiger partial charge on any atom is -0.410 e. The monoisotopic (exact) mass is 538 g/mol. The van der Waals surface area contributed by atoms with Crippen molar-refractivity contribution >= 4 is 8.32 Å². The van der Waals surface area contributed by atoms with Crippen molar-refractivity contribution < 1.29 is 4.43 Å². The van der Waals surface area contributed by atoms with Gasteiger partial charge >= 0.3 is 0 Å². The first-order valence-corrected chi connectivity index (χ1v) is 18.7.